The summed E-state index contributed by atoms with van der Waals surface area (Å²) in [5.74, 6) is 0.861. The molecule has 0 nitrogen and oxygen atoms in total. The van der Waals surface area contributed by atoms with Crippen molar-refractivity contribution in [3.63, 3.8) is 0 Å². The van der Waals surface area contributed by atoms with Crippen LogP contribution in [-0.4, -0.2) is 0 Å². The standard InChI is InChI=1S/C10H11S.Li/c1-8-7-10(8)11-9-5-3-2-4-6-9;/h2-6,8H,7H2,1H3;/q-1;+1. The summed E-state index contributed by atoms with van der Waals surface area (Å²) < 4.78 is 0. The van der Waals surface area contributed by atoms with Crippen LogP contribution in [0.3, 0.4) is 0 Å². The van der Waals surface area contributed by atoms with Gasteiger partial charge in [0.15, 0.2) is 0 Å². The SMILES string of the molecule is CC1C[C-]1Sc1ccccc1.[Li+]. The van der Waals surface area contributed by atoms with Crippen molar-refractivity contribution in [1.82, 2.24) is 0 Å². The number of hydrogen-bond acceptors (Lipinski definition) is 1. The van der Waals surface area contributed by atoms with Gasteiger partial charge in [0.25, 0.3) is 0 Å². The summed E-state index contributed by atoms with van der Waals surface area (Å²) >= 11 is 1.93. The summed E-state index contributed by atoms with van der Waals surface area (Å²) in [6.07, 6.45) is 1.32. The summed E-state index contributed by atoms with van der Waals surface area (Å²) in [6.45, 7) is 2.28. The minimum Gasteiger partial charge on any atom is -0.313 e. The van der Waals surface area contributed by atoms with Gasteiger partial charge < -0.3 is 11.8 Å². The predicted molar refractivity (Wildman–Crippen MR) is 49.3 cm³/mol. The van der Waals surface area contributed by atoms with E-state index in [-0.39, 0.29) is 18.9 Å². The van der Waals surface area contributed by atoms with Crippen LogP contribution in [0.1, 0.15) is 13.3 Å². The molecule has 58 valence electrons. The van der Waals surface area contributed by atoms with Crippen molar-refractivity contribution in [2.75, 3.05) is 0 Å². The Morgan fingerprint density at radius 1 is 1.33 bits per heavy atom. The molecule has 0 spiro atoms. The number of thioether (sulfide) groups is 1. The van der Waals surface area contributed by atoms with E-state index in [2.05, 4.69) is 37.3 Å². The fraction of sp³-hybridized carbons (Fsp3) is 0.300. The molecule has 1 unspecified atom stereocenters. The van der Waals surface area contributed by atoms with Gasteiger partial charge in [-0.2, -0.15) is 12.3 Å². The van der Waals surface area contributed by atoms with E-state index in [4.69, 9.17) is 0 Å². The van der Waals surface area contributed by atoms with E-state index >= 15 is 0 Å². The zero-order chi connectivity index (χ0) is 7.68. The molecule has 12 heavy (non-hydrogen) atoms. The minimum atomic E-state index is 0. The van der Waals surface area contributed by atoms with E-state index in [1.807, 2.05) is 11.8 Å². The van der Waals surface area contributed by atoms with E-state index in [0.29, 0.717) is 0 Å². The van der Waals surface area contributed by atoms with Gasteiger partial charge in [-0.15, -0.1) is 0 Å². The third-order valence-corrected chi connectivity index (χ3v) is 3.23. The molecule has 1 aliphatic rings. The number of benzene rings is 1. The molecule has 1 aromatic rings. The molecule has 2 heteroatoms. The molecule has 1 saturated carbocycles. The van der Waals surface area contributed by atoms with Crippen molar-refractivity contribution < 1.29 is 18.9 Å². The summed E-state index contributed by atoms with van der Waals surface area (Å²) in [5, 5.41) is 1.64. The molecular formula is C10H11LiS. The molecule has 0 bridgehead atoms. The van der Waals surface area contributed by atoms with Gasteiger partial charge in [-0.05, 0) is 4.90 Å². The van der Waals surface area contributed by atoms with Crippen molar-refractivity contribution in [1.29, 1.82) is 0 Å². The normalized spacial score (nSPS) is 21.6. The number of hydrogen-bond donors (Lipinski definition) is 0. The smallest absolute Gasteiger partial charge is 0.313 e. The van der Waals surface area contributed by atoms with Crippen molar-refractivity contribution >= 4 is 11.8 Å². The quantitative estimate of drug-likeness (QED) is 0.456. The van der Waals surface area contributed by atoms with E-state index in [1.165, 1.54) is 11.3 Å². The van der Waals surface area contributed by atoms with Crippen LogP contribution in [0.5, 0.6) is 0 Å². The van der Waals surface area contributed by atoms with E-state index in [9.17, 15) is 0 Å². The molecule has 1 aliphatic carbocycles. The van der Waals surface area contributed by atoms with Crippen molar-refractivity contribution in [3.05, 3.63) is 35.6 Å². The van der Waals surface area contributed by atoms with Gasteiger partial charge in [0.05, 0.1) is 0 Å². The summed E-state index contributed by atoms with van der Waals surface area (Å²) in [7, 11) is 0. The molecule has 0 heterocycles. The maximum atomic E-state index is 2.28. The van der Waals surface area contributed by atoms with E-state index in [1.54, 1.807) is 5.25 Å². The van der Waals surface area contributed by atoms with Crippen LogP contribution < -0.4 is 18.9 Å². The van der Waals surface area contributed by atoms with Gasteiger partial charge in [0.2, 0.25) is 0 Å². The monoisotopic (exact) mass is 170 g/mol. The van der Waals surface area contributed by atoms with Gasteiger partial charge in [0, 0.05) is 0 Å². The summed E-state index contributed by atoms with van der Waals surface area (Å²) in [4.78, 5) is 1.38. The minimum absolute atomic E-state index is 0. The average molecular weight is 170 g/mol. The number of rotatable bonds is 2. The molecule has 2 rings (SSSR count). The maximum Gasteiger partial charge on any atom is 1.00 e. The molecule has 0 aromatic heterocycles. The van der Waals surface area contributed by atoms with Crippen LogP contribution in [0, 0.1) is 11.2 Å². The van der Waals surface area contributed by atoms with Crippen LogP contribution in [-0.2, 0) is 0 Å². The largest absolute Gasteiger partial charge is 1.00 e. The molecule has 0 aliphatic heterocycles. The fourth-order valence-corrected chi connectivity index (χ4v) is 2.16. The Labute approximate surface area is 90.3 Å². The van der Waals surface area contributed by atoms with E-state index in [0.717, 1.165) is 5.92 Å². The van der Waals surface area contributed by atoms with Crippen LogP contribution in [0.25, 0.3) is 0 Å². The Hall–Kier alpha value is 0.167. The van der Waals surface area contributed by atoms with Crippen LogP contribution in [0.15, 0.2) is 35.2 Å². The Balaban J connectivity index is 0.000000720. The van der Waals surface area contributed by atoms with Crippen molar-refractivity contribution in [2.24, 2.45) is 5.92 Å². The molecule has 0 radical (unpaired) electrons. The summed E-state index contributed by atoms with van der Waals surface area (Å²) in [5.41, 5.74) is 0. The van der Waals surface area contributed by atoms with Crippen LogP contribution in [0.2, 0.25) is 0 Å². The topological polar surface area (TPSA) is 0 Å². The predicted octanol–water partition coefficient (Wildman–Crippen LogP) is 0.354. The van der Waals surface area contributed by atoms with Crippen molar-refractivity contribution in [3.8, 4) is 0 Å². The van der Waals surface area contributed by atoms with Crippen LogP contribution in [0.4, 0.5) is 0 Å². The zero-order valence-corrected chi connectivity index (χ0v) is 8.40. The molecule has 0 N–H and O–H groups in total. The first kappa shape index (κ1) is 10.2. The molecule has 0 saturated heterocycles. The molecule has 1 aromatic carbocycles. The van der Waals surface area contributed by atoms with Gasteiger partial charge >= 0.3 is 18.9 Å². The average Bonchev–Trinajstić information content (AvgIpc) is 2.69. The zero-order valence-electron chi connectivity index (χ0n) is 7.58. The maximum absolute atomic E-state index is 2.28. The Morgan fingerprint density at radius 3 is 2.42 bits per heavy atom. The fourth-order valence-electron chi connectivity index (χ4n) is 1.03. The summed E-state index contributed by atoms with van der Waals surface area (Å²) in [6, 6.07) is 10.6. The third-order valence-electron chi connectivity index (χ3n) is 1.89. The Morgan fingerprint density at radius 2 is 1.92 bits per heavy atom. The van der Waals surface area contributed by atoms with Crippen LogP contribution >= 0.6 is 11.8 Å². The van der Waals surface area contributed by atoms with Gasteiger partial charge in [0.1, 0.15) is 0 Å². The third kappa shape index (κ3) is 2.59. The molecule has 1 atom stereocenters. The molecular weight excluding hydrogens is 159 g/mol. The Bertz CT molecular complexity index is 235. The second-order valence-electron chi connectivity index (χ2n) is 2.99. The molecule has 1 fully saturated rings. The first-order valence-electron chi connectivity index (χ1n) is 3.95. The van der Waals surface area contributed by atoms with E-state index < -0.39 is 0 Å². The van der Waals surface area contributed by atoms with Crippen molar-refractivity contribution in [2.45, 2.75) is 18.2 Å². The first-order valence-corrected chi connectivity index (χ1v) is 4.76. The van der Waals surface area contributed by atoms with Gasteiger partial charge in [-0.3, -0.25) is 5.25 Å². The van der Waals surface area contributed by atoms with Gasteiger partial charge in [-0.25, -0.2) is 0 Å². The Kier molecular flexibility index (Phi) is 3.77. The molecule has 0 amide bonds. The second-order valence-corrected chi connectivity index (χ2v) is 4.19. The second kappa shape index (κ2) is 4.42. The van der Waals surface area contributed by atoms with Gasteiger partial charge in [-0.1, -0.05) is 37.3 Å². The first-order chi connectivity index (χ1) is 5.36.